The summed E-state index contributed by atoms with van der Waals surface area (Å²) in [6.45, 7) is 4.63. The molecule has 0 unspecified atom stereocenters. The van der Waals surface area contributed by atoms with E-state index in [4.69, 9.17) is 0 Å². The van der Waals surface area contributed by atoms with Crippen molar-refractivity contribution in [3.05, 3.63) is 0 Å². The Morgan fingerprint density at radius 3 is 2.53 bits per heavy atom. The number of hydrogen-bond acceptors (Lipinski definition) is 4. The molecular weight excluding hydrogens is 220 g/mol. The van der Waals surface area contributed by atoms with Crippen molar-refractivity contribution in [3.63, 3.8) is 0 Å². The molecule has 1 saturated heterocycles. The fourth-order valence-electron chi connectivity index (χ4n) is 1.95. The minimum Gasteiger partial charge on any atom is -0.467 e. The highest BCUT2D eigenvalue weighted by molar-refractivity contribution is 5.87. The number of rotatable bonds is 4. The summed E-state index contributed by atoms with van der Waals surface area (Å²) in [5.74, 6) is -0.465. The van der Waals surface area contributed by atoms with Crippen molar-refractivity contribution in [2.24, 2.45) is 5.92 Å². The summed E-state index contributed by atoms with van der Waals surface area (Å²) in [6.07, 6.45) is 2.99. The molecule has 1 aliphatic rings. The largest absolute Gasteiger partial charge is 0.467 e. The summed E-state index contributed by atoms with van der Waals surface area (Å²) in [7, 11) is 1.34. The minimum absolute atomic E-state index is 0.0231. The molecule has 2 N–H and O–H groups in total. The molecular formula is C12H22N2O3. The second-order valence-electron chi connectivity index (χ2n) is 4.76. The smallest absolute Gasteiger partial charge is 0.328 e. The van der Waals surface area contributed by atoms with Gasteiger partial charge in [0.2, 0.25) is 5.91 Å². The van der Waals surface area contributed by atoms with Crippen molar-refractivity contribution in [1.82, 2.24) is 10.6 Å². The first-order valence-electron chi connectivity index (χ1n) is 6.18. The highest BCUT2D eigenvalue weighted by atomic mass is 16.5. The molecule has 0 aromatic carbocycles. The number of amides is 1. The molecule has 0 bridgehead atoms. The van der Waals surface area contributed by atoms with Crippen LogP contribution < -0.4 is 10.6 Å². The fourth-order valence-corrected chi connectivity index (χ4v) is 1.95. The number of piperidine rings is 1. The third-order valence-electron chi connectivity index (χ3n) is 3.05. The molecule has 5 heteroatoms. The summed E-state index contributed by atoms with van der Waals surface area (Å²) >= 11 is 0. The average Bonchev–Trinajstić information content (AvgIpc) is 2.35. The highest BCUT2D eigenvalue weighted by Crippen LogP contribution is 2.09. The number of methoxy groups -OCH3 is 1. The number of ether oxygens (including phenoxy) is 1. The summed E-state index contributed by atoms with van der Waals surface area (Å²) < 4.78 is 4.69. The van der Waals surface area contributed by atoms with Crippen LogP contribution in [0.1, 0.15) is 33.1 Å². The van der Waals surface area contributed by atoms with Crippen LogP contribution in [0.3, 0.4) is 0 Å². The van der Waals surface area contributed by atoms with Gasteiger partial charge in [-0.3, -0.25) is 4.79 Å². The van der Waals surface area contributed by atoms with Gasteiger partial charge < -0.3 is 15.4 Å². The number of hydrogen-bond donors (Lipinski definition) is 2. The van der Waals surface area contributed by atoms with Crippen LogP contribution in [0.5, 0.6) is 0 Å². The van der Waals surface area contributed by atoms with Crippen LogP contribution in [0.2, 0.25) is 0 Å². The zero-order chi connectivity index (χ0) is 12.8. The van der Waals surface area contributed by atoms with E-state index in [0.717, 1.165) is 25.8 Å². The predicted molar refractivity (Wildman–Crippen MR) is 64.4 cm³/mol. The maximum absolute atomic E-state index is 12.0. The van der Waals surface area contributed by atoms with Crippen molar-refractivity contribution in [3.8, 4) is 0 Å². The van der Waals surface area contributed by atoms with Gasteiger partial charge in [-0.25, -0.2) is 4.79 Å². The molecule has 0 spiro atoms. The van der Waals surface area contributed by atoms with Gasteiger partial charge in [0.05, 0.1) is 13.2 Å². The SMILES string of the molecule is COC(=O)[C@@H](NC(=O)[C@H]1CCCCN1)C(C)C. The molecule has 98 valence electrons. The number of carbonyl (C=O) groups is 2. The molecule has 17 heavy (non-hydrogen) atoms. The standard InChI is InChI=1S/C12H22N2O3/c1-8(2)10(12(16)17-3)14-11(15)9-6-4-5-7-13-9/h8-10,13H,4-7H2,1-3H3,(H,14,15)/t9-,10+/m1/s1. The Bertz CT molecular complexity index is 273. The van der Waals surface area contributed by atoms with Gasteiger partial charge in [-0.05, 0) is 25.3 Å². The first kappa shape index (κ1) is 14.0. The second-order valence-corrected chi connectivity index (χ2v) is 4.76. The van der Waals surface area contributed by atoms with Crippen LogP contribution in [0.25, 0.3) is 0 Å². The summed E-state index contributed by atoms with van der Waals surface area (Å²) in [4.78, 5) is 23.5. The van der Waals surface area contributed by atoms with E-state index in [-0.39, 0.29) is 23.8 Å². The monoisotopic (exact) mass is 242 g/mol. The van der Waals surface area contributed by atoms with Crippen molar-refractivity contribution >= 4 is 11.9 Å². The van der Waals surface area contributed by atoms with E-state index in [0.29, 0.717) is 0 Å². The highest BCUT2D eigenvalue weighted by Gasteiger charge is 2.28. The summed E-state index contributed by atoms with van der Waals surface area (Å²) in [5.41, 5.74) is 0. The number of carbonyl (C=O) groups excluding carboxylic acids is 2. The maximum atomic E-state index is 12.0. The lowest BCUT2D eigenvalue weighted by Crippen LogP contribution is -2.53. The Hall–Kier alpha value is -1.10. The Kier molecular flexibility index (Phi) is 5.41. The molecule has 1 rings (SSSR count). The van der Waals surface area contributed by atoms with Crippen LogP contribution in [-0.4, -0.2) is 37.6 Å². The molecule has 0 saturated carbocycles. The molecule has 1 amide bonds. The second kappa shape index (κ2) is 6.59. The Labute approximate surface area is 102 Å². The van der Waals surface area contributed by atoms with E-state index in [9.17, 15) is 9.59 Å². The van der Waals surface area contributed by atoms with Crippen molar-refractivity contribution in [2.45, 2.75) is 45.2 Å². The van der Waals surface area contributed by atoms with Crippen LogP contribution in [0, 0.1) is 5.92 Å². The zero-order valence-electron chi connectivity index (χ0n) is 10.8. The fraction of sp³-hybridized carbons (Fsp3) is 0.833. The molecule has 1 heterocycles. The normalized spacial score (nSPS) is 22.0. The topological polar surface area (TPSA) is 67.4 Å². The van der Waals surface area contributed by atoms with E-state index in [1.54, 1.807) is 0 Å². The van der Waals surface area contributed by atoms with E-state index >= 15 is 0 Å². The molecule has 0 aromatic heterocycles. The van der Waals surface area contributed by atoms with E-state index in [2.05, 4.69) is 15.4 Å². The predicted octanol–water partition coefficient (Wildman–Crippen LogP) is 0.442. The van der Waals surface area contributed by atoms with Gasteiger partial charge in [-0.1, -0.05) is 20.3 Å². The van der Waals surface area contributed by atoms with Gasteiger partial charge in [0, 0.05) is 0 Å². The van der Waals surface area contributed by atoms with Gasteiger partial charge >= 0.3 is 5.97 Å². The third-order valence-corrected chi connectivity index (χ3v) is 3.05. The molecule has 2 atom stereocenters. The lowest BCUT2D eigenvalue weighted by molar-refractivity contribution is -0.146. The summed E-state index contributed by atoms with van der Waals surface area (Å²) in [6, 6.07) is -0.731. The number of nitrogens with one attached hydrogen (secondary N) is 2. The van der Waals surface area contributed by atoms with E-state index in [1.165, 1.54) is 7.11 Å². The molecule has 1 aliphatic heterocycles. The molecule has 5 nitrogen and oxygen atoms in total. The van der Waals surface area contributed by atoms with Crippen LogP contribution in [0.15, 0.2) is 0 Å². The first-order valence-corrected chi connectivity index (χ1v) is 6.18. The maximum Gasteiger partial charge on any atom is 0.328 e. The average molecular weight is 242 g/mol. The van der Waals surface area contributed by atoms with Gasteiger partial charge in [-0.2, -0.15) is 0 Å². The Balaban J connectivity index is 2.54. The van der Waals surface area contributed by atoms with Crippen molar-refractivity contribution in [2.75, 3.05) is 13.7 Å². The Morgan fingerprint density at radius 1 is 1.35 bits per heavy atom. The lowest BCUT2D eigenvalue weighted by Gasteiger charge is -2.26. The van der Waals surface area contributed by atoms with Gasteiger partial charge in [0.15, 0.2) is 0 Å². The Morgan fingerprint density at radius 2 is 2.06 bits per heavy atom. The van der Waals surface area contributed by atoms with Crippen molar-refractivity contribution < 1.29 is 14.3 Å². The van der Waals surface area contributed by atoms with E-state index < -0.39 is 6.04 Å². The van der Waals surface area contributed by atoms with Gasteiger partial charge in [0.25, 0.3) is 0 Å². The van der Waals surface area contributed by atoms with Crippen molar-refractivity contribution in [1.29, 1.82) is 0 Å². The first-order chi connectivity index (χ1) is 8.06. The minimum atomic E-state index is -0.559. The lowest BCUT2D eigenvalue weighted by atomic mass is 10.0. The van der Waals surface area contributed by atoms with Gasteiger partial charge in [-0.15, -0.1) is 0 Å². The van der Waals surface area contributed by atoms with Crippen LogP contribution >= 0.6 is 0 Å². The van der Waals surface area contributed by atoms with Crippen LogP contribution in [0.4, 0.5) is 0 Å². The molecule has 0 aromatic rings. The molecule has 0 radical (unpaired) electrons. The van der Waals surface area contributed by atoms with Gasteiger partial charge in [0.1, 0.15) is 6.04 Å². The zero-order valence-corrected chi connectivity index (χ0v) is 10.8. The van der Waals surface area contributed by atoms with E-state index in [1.807, 2.05) is 13.8 Å². The summed E-state index contributed by atoms with van der Waals surface area (Å²) in [5, 5.41) is 5.92. The molecule has 1 fully saturated rings. The van der Waals surface area contributed by atoms with Crippen LogP contribution in [-0.2, 0) is 14.3 Å². The molecule has 0 aliphatic carbocycles. The quantitative estimate of drug-likeness (QED) is 0.702. The number of esters is 1. The third kappa shape index (κ3) is 4.00.